The van der Waals surface area contributed by atoms with E-state index in [-0.39, 0.29) is 22.6 Å². The lowest BCUT2D eigenvalue weighted by Crippen LogP contribution is -2.19. The molecule has 0 atom stereocenters. The van der Waals surface area contributed by atoms with Crippen molar-refractivity contribution in [2.24, 2.45) is 0 Å². The Labute approximate surface area is 149 Å². The fourth-order valence-corrected chi connectivity index (χ4v) is 2.18. The normalized spacial score (nSPS) is 10.9. The smallest absolute Gasteiger partial charge is 0.422 e. The third kappa shape index (κ3) is 4.27. The van der Waals surface area contributed by atoms with Gasteiger partial charge in [-0.2, -0.15) is 18.4 Å². The van der Waals surface area contributed by atoms with E-state index in [0.29, 0.717) is 0 Å². The van der Waals surface area contributed by atoms with Gasteiger partial charge in [-0.3, -0.25) is 10.1 Å². The number of esters is 1. The summed E-state index contributed by atoms with van der Waals surface area (Å²) in [6.07, 6.45) is -3.55. The van der Waals surface area contributed by atoms with Crippen LogP contribution in [0.5, 0.6) is 5.75 Å². The number of nitro groups is 1. The lowest BCUT2D eigenvalue weighted by atomic mass is 10.2. The highest BCUT2D eigenvalue weighted by Gasteiger charge is 2.29. The van der Waals surface area contributed by atoms with E-state index >= 15 is 0 Å². The molecule has 27 heavy (non-hydrogen) atoms. The molecule has 0 fully saturated rings. The van der Waals surface area contributed by atoms with E-state index in [4.69, 9.17) is 11.0 Å². The predicted octanol–water partition coefficient (Wildman–Crippen LogP) is 2.57. The second-order valence-corrected chi connectivity index (χ2v) is 5.12. The van der Waals surface area contributed by atoms with Crippen LogP contribution in [0, 0.1) is 21.4 Å². The maximum absolute atomic E-state index is 12.4. The predicted molar refractivity (Wildman–Crippen MR) is 84.4 cm³/mol. The number of alkyl halides is 3. The van der Waals surface area contributed by atoms with Gasteiger partial charge in [0.2, 0.25) is 0 Å². The van der Waals surface area contributed by atoms with Crippen LogP contribution in [0.4, 0.5) is 24.5 Å². The number of hydrogen-bond donors (Lipinski definition) is 1. The number of anilines is 1. The summed E-state index contributed by atoms with van der Waals surface area (Å²) in [5.74, 6) is -1.41. The van der Waals surface area contributed by atoms with E-state index in [1.54, 1.807) is 6.07 Å². The van der Waals surface area contributed by atoms with Crippen molar-refractivity contribution < 1.29 is 32.4 Å². The number of rotatable bonds is 5. The van der Waals surface area contributed by atoms with Crippen LogP contribution in [0.3, 0.4) is 0 Å². The highest BCUT2D eigenvalue weighted by atomic mass is 19.4. The third-order valence-electron chi connectivity index (χ3n) is 3.31. The van der Waals surface area contributed by atoms with Gasteiger partial charge in [0, 0.05) is 18.3 Å². The van der Waals surface area contributed by atoms with Gasteiger partial charge in [-0.05, 0) is 0 Å². The topological polar surface area (TPSA) is 133 Å². The third-order valence-corrected chi connectivity index (χ3v) is 3.31. The Hall–Kier alpha value is -3.75. The first-order valence-corrected chi connectivity index (χ1v) is 7.06. The van der Waals surface area contributed by atoms with E-state index in [9.17, 15) is 28.1 Å². The molecule has 2 rings (SSSR count). The minimum atomic E-state index is -4.66. The molecule has 0 amide bonds. The van der Waals surface area contributed by atoms with Gasteiger partial charge in [0.05, 0.1) is 35.0 Å². The highest BCUT2D eigenvalue weighted by molar-refractivity contribution is 5.96. The van der Waals surface area contributed by atoms with E-state index in [1.807, 2.05) is 0 Å². The Morgan fingerprint density at radius 1 is 1.41 bits per heavy atom. The second-order valence-electron chi connectivity index (χ2n) is 5.12. The number of carbonyl (C=O) groups is 1. The molecule has 142 valence electrons. The Kier molecular flexibility index (Phi) is 5.25. The van der Waals surface area contributed by atoms with Crippen LogP contribution in [0.25, 0.3) is 5.69 Å². The fourth-order valence-electron chi connectivity index (χ4n) is 2.18. The lowest BCUT2D eigenvalue weighted by molar-refractivity contribution is -0.384. The molecule has 0 saturated heterocycles. The van der Waals surface area contributed by atoms with Crippen molar-refractivity contribution in [2.45, 2.75) is 6.18 Å². The standard InChI is InChI=1S/C15H11F3N4O5/c1-26-14(23)13-12(20)8(5-19)6-21(13)9-2-10(22(24)25)4-11(3-9)27-7-15(16,17)18/h2-4,6H,7,20H2,1H3. The fraction of sp³-hybridized carbons (Fsp3) is 0.200. The lowest BCUT2D eigenvalue weighted by Gasteiger charge is -2.12. The minimum absolute atomic E-state index is 0.116. The number of nitrogens with zero attached hydrogens (tertiary/aromatic N) is 3. The van der Waals surface area contributed by atoms with E-state index < -0.39 is 35.1 Å². The molecule has 0 aliphatic rings. The van der Waals surface area contributed by atoms with Gasteiger partial charge in [0.15, 0.2) is 12.3 Å². The van der Waals surface area contributed by atoms with Crippen molar-refractivity contribution in [3.63, 3.8) is 0 Å². The number of benzene rings is 1. The molecule has 0 aliphatic heterocycles. The minimum Gasteiger partial charge on any atom is -0.484 e. The van der Waals surface area contributed by atoms with Gasteiger partial charge in [-0.1, -0.05) is 0 Å². The molecule has 1 aromatic heterocycles. The first kappa shape index (κ1) is 19.6. The number of nitro benzene ring substituents is 1. The summed E-state index contributed by atoms with van der Waals surface area (Å²) in [6.45, 7) is -1.67. The molecule has 2 N–H and O–H groups in total. The molecule has 0 bridgehead atoms. The Bertz CT molecular complexity index is 946. The summed E-state index contributed by atoms with van der Waals surface area (Å²) in [6, 6.07) is 4.54. The Morgan fingerprint density at radius 3 is 2.59 bits per heavy atom. The van der Waals surface area contributed by atoms with Crippen molar-refractivity contribution in [3.8, 4) is 17.5 Å². The summed E-state index contributed by atoms with van der Waals surface area (Å²) < 4.78 is 47.2. The van der Waals surface area contributed by atoms with Crippen LogP contribution in [-0.4, -0.2) is 35.4 Å². The largest absolute Gasteiger partial charge is 0.484 e. The van der Waals surface area contributed by atoms with Gasteiger partial charge < -0.3 is 19.8 Å². The number of aromatic nitrogens is 1. The van der Waals surface area contributed by atoms with Gasteiger partial charge in [-0.15, -0.1) is 0 Å². The monoisotopic (exact) mass is 384 g/mol. The van der Waals surface area contributed by atoms with Gasteiger partial charge >= 0.3 is 12.1 Å². The number of nitrogens with two attached hydrogens (primary N) is 1. The summed E-state index contributed by atoms with van der Waals surface area (Å²) in [4.78, 5) is 22.2. The summed E-state index contributed by atoms with van der Waals surface area (Å²) in [7, 11) is 1.05. The van der Waals surface area contributed by atoms with Crippen molar-refractivity contribution in [3.05, 3.63) is 45.8 Å². The molecule has 2 aromatic rings. The van der Waals surface area contributed by atoms with E-state index in [2.05, 4.69) is 9.47 Å². The maximum Gasteiger partial charge on any atom is 0.422 e. The van der Waals surface area contributed by atoms with Crippen LogP contribution in [-0.2, 0) is 4.74 Å². The molecular formula is C15H11F3N4O5. The molecule has 0 spiro atoms. The number of ether oxygens (including phenoxy) is 2. The SMILES string of the molecule is COC(=O)c1c(N)c(C#N)cn1-c1cc(OCC(F)(F)F)cc([N+](=O)[O-])c1. The molecule has 0 unspecified atom stereocenters. The van der Waals surface area contributed by atoms with Crippen LogP contribution in [0.15, 0.2) is 24.4 Å². The maximum atomic E-state index is 12.4. The number of halogens is 3. The van der Waals surface area contributed by atoms with Crippen molar-refractivity contribution in [2.75, 3.05) is 19.5 Å². The summed E-state index contributed by atoms with van der Waals surface area (Å²) in [5.41, 5.74) is 4.34. The summed E-state index contributed by atoms with van der Waals surface area (Å²) in [5, 5.41) is 20.2. The van der Waals surface area contributed by atoms with Crippen molar-refractivity contribution >= 4 is 17.3 Å². The molecule has 0 radical (unpaired) electrons. The van der Waals surface area contributed by atoms with Crippen LogP contribution >= 0.6 is 0 Å². The van der Waals surface area contributed by atoms with Crippen LogP contribution in [0.2, 0.25) is 0 Å². The first-order valence-electron chi connectivity index (χ1n) is 7.06. The van der Waals surface area contributed by atoms with Crippen molar-refractivity contribution in [1.29, 1.82) is 5.26 Å². The quantitative estimate of drug-likeness (QED) is 0.476. The van der Waals surface area contributed by atoms with E-state index in [0.717, 1.165) is 36.1 Å². The zero-order valence-corrected chi connectivity index (χ0v) is 13.6. The molecule has 9 nitrogen and oxygen atoms in total. The molecule has 0 saturated carbocycles. The van der Waals surface area contributed by atoms with Gasteiger partial charge in [0.1, 0.15) is 11.8 Å². The van der Waals surface area contributed by atoms with E-state index in [1.165, 1.54) is 0 Å². The van der Waals surface area contributed by atoms with Gasteiger partial charge in [0.25, 0.3) is 5.69 Å². The average Bonchev–Trinajstić information content (AvgIpc) is 2.95. The Balaban J connectivity index is 2.64. The first-order chi connectivity index (χ1) is 12.6. The zero-order valence-electron chi connectivity index (χ0n) is 13.6. The number of nitriles is 1. The zero-order chi connectivity index (χ0) is 20.4. The van der Waals surface area contributed by atoms with Crippen molar-refractivity contribution in [1.82, 2.24) is 4.57 Å². The number of non-ortho nitro benzene ring substituents is 1. The number of carbonyl (C=O) groups excluding carboxylic acids is 1. The number of nitrogen functional groups attached to an aromatic ring is 1. The summed E-state index contributed by atoms with van der Waals surface area (Å²) >= 11 is 0. The number of hydrogen-bond acceptors (Lipinski definition) is 7. The molecule has 1 heterocycles. The number of methoxy groups -OCH3 is 1. The molecule has 12 heteroatoms. The second kappa shape index (κ2) is 7.24. The Morgan fingerprint density at radius 2 is 2.07 bits per heavy atom. The molecular weight excluding hydrogens is 373 g/mol. The van der Waals surface area contributed by atoms with Crippen LogP contribution in [0.1, 0.15) is 16.1 Å². The molecule has 0 aliphatic carbocycles. The van der Waals surface area contributed by atoms with Crippen LogP contribution < -0.4 is 10.5 Å². The van der Waals surface area contributed by atoms with Gasteiger partial charge in [-0.25, -0.2) is 4.79 Å². The molecule has 1 aromatic carbocycles. The average molecular weight is 384 g/mol. The highest BCUT2D eigenvalue weighted by Crippen LogP contribution is 2.31.